The number of anilines is 2. The number of aromatic amines is 1. The first kappa shape index (κ1) is 14.2. The number of imide groups is 1. The second-order valence-electron chi connectivity index (χ2n) is 5.03. The van der Waals surface area contributed by atoms with Crippen molar-refractivity contribution in [1.82, 2.24) is 15.2 Å². The van der Waals surface area contributed by atoms with Gasteiger partial charge in [-0.25, -0.2) is 4.90 Å². The van der Waals surface area contributed by atoms with Crippen molar-refractivity contribution in [1.29, 1.82) is 0 Å². The van der Waals surface area contributed by atoms with Gasteiger partial charge in [0.05, 0.1) is 5.69 Å². The van der Waals surface area contributed by atoms with Crippen LogP contribution >= 0.6 is 23.1 Å². The smallest absolute Gasteiger partial charge is 0.247 e. The van der Waals surface area contributed by atoms with Crippen molar-refractivity contribution in [2.45, 2.75) is 16.0 Å². The number of thioether (sulfide) groups is 1. The molecule has 0 spiro atoms. The predicted octanol–water partition coefficient (Wildman–Crippen LogP) is 2.03. The fourth-order valence-corrected chi connectivity index (χ4v) is 4.43. The molecule has 0 saturated carbocycles. The highest BCUT2D eigenvalue weighted by Crippen LogP contribution is 2.36. The van der Waals surface area contributed by atoms with Crippen LogP contribution in [-0.4, -0.2) is 32.2 Å². The molecule has 0 radical (unpaired) electrons. The number of nitrogens with zero attached hydrogens (tertiary/aromatic N) is 3. The molecule has 116 valence electrons. The third kappa shape index (κ3) is 2.47. The summed E-state index contributed by atoms with van der Waals surface area (Å²) >= 11 is 2.44. The molecule has 23 heavy (non-hydrogen) atoms. The van der Waals surface area contributed by atoms with Crippen LogP contribution in [0.25, 0.3) is 10.9 Å². The highest BCUT2D eigenvalue weighted by Gasteiger charge is 2.40. The number of carbonyl (C=O) groups excluding carboxylic acids is 2. The number of carbonyl (C=O) groups is 2. The highest BCUT2D eigenvalue weighted by molar-refractivity contribution is 8.02. The molecule has 3 aromatic rings. The summed E-state index contributed by atoms with van der Waals surface area (Å²) in [5, 5.41) is 8.49. The fraction of sp³-hybridized carbons (Fsp3) is 0.143. The summed E-state index contributed by atoms with van der Waals surface area (Å²) < 4.78 is 0.593. The standard InChI is InChI=1S/C14H11N5O2S2/c15-13-17-18-14(23-13)22-10-6-11(20)19(12(10)21)8-2-1-7-3-4-16-9(7)5-8/h1-5,10,16H,6H2,(H2,15,17). The van der Waals surface area contributed by atoms with E-state index in [9.17, 15) is 9.59 Å². The monoisotopic (exact) mass is 345 g/mol. The lowest BCUT2D eigenvalue weighted by atomic mass is 10.2. The summed E-state index contributed by atoms with van der Waals surface area (Å²) in [7, 11) is 0. The molecule has 3 heterocycles. The molecular formula is C14H11N5O2S2. The molecule has 0 aliphatic carbocycles. The van der Waals surface area contributed by atoms with Gasteiger partial charge in [0, 0.05) is 18.1 Å². The van der Waals surface area contributed by atoms with Crippen molar-refractivity contribution in [3.05, 3.63) is 30.5 Å². The number of fused-ring (bicyclic) bond motifs is 1. The third-order valence-corrected chi connectivity index (χ3v) is 5.59. The molecule has 3 N–H and O–H groups in total. The van der Waals surface area contributed by atoms with Crippen LogP contribution in [0.3, 0.4) is 0 Å². The van der Waals surface area contributed by atoms with Crippen molar-refractivity contribution in [3.8, 4) is 0 Å². The summed E-state index contributed by atoms with van der Waals surface area (Å²) in [6.07, 6.45) is 1.96. The Kier molecular flexibility index (Phi) is 3.31. The van der Waals surface area contributed by atoms with Gasteiger partial charge >= 0.3 is 0 Å². The van der Waals surface area contributed by atoms with Gasteiger partial charge in [-0.1, -0.05) is 29.2 Å². The van der Waals surface area contributed by atoms with Gasteiger partial charge in [0.25, 0.3) is 0 Å². The van der Waals surface area contributed by atoms with Gasteiger partial charge in [-0.15, -0.1) is 10.2 Å². The van der Waals surface area contributed by atoms with E-state index < -0.39 is 5.25 Å². The minimum atomic E-state index is -0.491. The number of nitrogens with two attached hydrogens (primary N) is 1. The minimum absolute atomic E-state index is 0.145. The molecule has 1 unspecified atom stereocenters. The van der Waals surface area contributed by atoms with Crippen LogP contribution in [0.15, 0.2) is 34.8 Å². The molecule has 1 atom stereocenters. The topological polar surface area (TPSA) is 105 Å². The van der Waals surface area contributed by atoms with Gasteiger partial charge < -0.3 is 10.7 Å². The maximum absolute atomic E-state index is 12.6. The molecule has 2 amide bonds. The van der Waals surface area contributed by atoms with E-state index in [-0.39, 0.29) is 18.2 Å². The van der Waals surface area contributed by atoms with Crippen LogP contribution in [0, 0.1) is 0 Å². The van der Waals surface area contributed by atoms with E-state index in [1.807, 2.05) is 18.3 Å². The molecule has 1 fully saturated rings. The number of benzene rings is 1. The lowest BCUT2D eigenvalue weighted by molar-refractivity contribution is -0.121. The Hall–Kier alpha value is -2.39. The zero-order valence-corrected chi connectivity index (χ0v) is 13.4. The van der Waals surface area contributed by atoms with Crippen molar-refractivity contribution in [2.24, 2.45) is 0 Å². The Morgan fingerprint density at radius 3 is 2.96 bits per heavy atom. The van der Waals surface area contributed by atoms with E-state index in [0.717, 1.165) is 10.9 Å². The summed E-state index contributed by atoms with van der Waals surface area (Å²) in [5.74, 6) is -0.449. The lowest BCUT2D eigenvalue weighted by Gasteiger charge is -2.14. The van der Waals surface area contributed by atoms with Gasteiger partial charge in [0.1, 0.15) is 5.25 Å². The average Bonchev–Trinajstić information content (AvgIpc) is 3.20. The largest absolute Gasteiger partial charge is 0.374 e. The zero-order valence-electron chi connectivity index (χ0n) is 11.7. The van der Waals surface area contributed by atoms with E-state index in [0.29, 0.717) is 15.2 Å². The van der Waals surface area contributed by atoms with Crippen molar-refractivity contribution in [2.75, 3.05) is 10.6 Å². The molecule has 1 aliphatic rings. The lowest BCUT2D eigenvalue weighted by Crippen LogP contribution is -2.31. The number of hydrogen-bond donors (Lipinski definition) is 2. The van der Waals surface area contributed by atoms with Crippen LogP contribution in [-0.2, 0) is 9.59 Å². The molecule has 0 bridgehead atoms. The fourth-order valence-electron chi connectivity index (χ4n) is 2.53. The summed E-state index contributed by atoms with van der Waals surface area (Å²) in [6.45, 7) is 0. The zero-order chi connectivity index (χ0) is 16.0. The molecule has 7 nitrogen and oxygen atoms in total. The van der Waals surface area contributed by atoms with Crippen LogP contribution < -0.4 is 10.6 Å². The quantitative estimate of drug-likeness (QED) is 0.704. The van der Waals surface area contributed by atoms with E-state index in [1.165, 1.54) is 28.0 Å². The maximum atomic E-state index is 12.6. The van der Waals surface area contributed by atoms with E-state index in [4.69, 9.17) is 5.73 Å². The van der Waals surface area contributed by atoms with Gasteiger partial charge in [-0.05, 0) is 23.6 Å². The first-order valence-electron chi connectivity index (χ1n) is 6.81. The van der Waals surface area contributed by atoms with E-state index in [1.54, 1.807) is 12.1 Å². The molecule has 1 aliphatic heterocycles. The minimum Gasteiger partial charge on any atom is -0.374 e. The van der Waals surface area contributed by atoms with Crippen molar-refractivity contribution >= 4 is 56.6 Å². The number of H-pyrrole nitrogens is 1. The third-order valence-electron chi connectivity index (χ3n) is 3.57. The number of hydrogen-bond acceptors (Lipinski definition) is 7. The summed E-state index contributed by atoms with van der Waals surface area (Å²) in [5.41, 5.74) is 7.01. The Morgan fingerprint density at radius 2 is 2.17 bits per heavy atom. The number of aromatic nitrogens is 3. The Morgan fingerprint density at radius 1 is 1.30 bits per heavy atom. The van der Waals surface area contributed by atoms with Gasteiger partial charge in [0.2, 0.25) is 16.9 Å². The number of rotatable bonds is 3. The normalized spacial score (nSPS) is 18.3. The second-order valence-corrected chi connectivity index (χ2v) is 7.49. The molecule has 1 aromatic carbocycles. The van der Waals surface area contributed by atoms with Crippen LogP contribution in [0.1, 0.15) is 6.42 Å². The van der Waals surface area contributed by atoms with Gasteiger partial charge in [-0.3, -0.25) is 9.59 Å². The number of amides is 2. The molecular weight excluding hydrogens is 334 g/mol. The van der Waals surface area contributed by atoms with E-state index in [2.05, 4.69) is 15.2 Å². The highest BCUT2D eigenvalue weighted by atomic mass is 32.2. The van der Waals surface area contributed by atoms with Crippen LogP contribution in [0.2, 0.25) is 0 Å². The first-order valence-corrected chi connectivity index (χ1v) is 8.51. The number of nitrogen functional groups attached to an aromatic ring is 1. The van der Waals surface area contributed by atoms with Crippen LogP contribution in [0.4, 0.5) is 10.8 Å². The van der Waals surface area contributed by atoms with E-state index >= 15 is 0 Å². The Balaban J connectivity index is 1.61. The molecule has 1 saturated heterocycles. The molecule has 2 aromatic heterocycles. The number of nitrogens with one attached hydrogen (secondary N) is 1. The average molecular weight is 345 g/mol. The molecule has 9 heteroatoms. The Labute approximate surface area is 138 Å². The van der Waals surface area contributed by atoms with Gasteiger partial charge in [0.15, 0.2) is 4.34 Å². The predicted molar refractivity (Wildman–Crippen MR) is 89.4 cm³/mol. The molecule has 4 rings (SSSR count). The Bertz CT molecular complexity index is 919. The summed E-state index contributed by atoms with van der Waals surface area (Å²) in [6, 6.07) is 7.40. The summed E-state index contributed by atoms with van der Waals surface area (Å²) in [4.78, 5) is 29.2. The maximum Gasteiger partial charge on any atom is 0.247 e. The van der Waals surface area contributed by atoms with Gasteiger partial charge in [-0.2, -0.15) is 0 Å². The van der Waals surface area contributed by atoms with Crippen molar-refractivity contribution < 1.29 is 9.59 Å². The van der Waals surface area contributed by atoms with Crippen LogP contribution in [0.5, 0.6) is 0 Å². The SMILES string of the molecule is Nc1nnc(SC2CC(=O)N(c3ccc4cc[nH]c4c3)C2=O)s1. The van der Waals surface area contributed by atoms with Crippen molar-refractivity contribution in [3.63, 3.8) is 0 Å². The first-order chi connectivity index (χ1) is 11.1. The second kappa shape index (κ2) is 5.36.